The van der Waals surface area contributed by atoms with Crippen molar-refractivity contribution in [2.75, 3.05) is 7.05 Å². The van der Waals surface area contributed by atoms with Crippen molar-refractivity contribution in [1.82, 2.24) is 25.0 Å². The number of likely N-dealkylation sites (N-methyl/N-ethyl adjacent to an activating group) is 1. The van der Waals surface area contributed by atoms with Gasteiger partial charge in [0.05, 0.1) is 11.7 Å². The predicted molar refractivity (Wildman–Crippen MR) is 95.0 cm³/mol. The molecule has 7 nitrogen and oxygen atoms in total. The van der Waals surface area contributed by atoms with Crippen LogP contribution in [0.2, 0.25) is 0 Å². The zero-order chi connectivity index (χ0) is 18.6. The van der Waals surface area contributed by atoms with Crippen molar-refractivity contribution in [3.63, 3.8) is 0 Å². The number of hydrogen-bond donors (Lipinski definition) is 1. The zero-order valence-electron chi connectivity index (χ0n) is 15.3. The lowest BCUT2D eigenvalue weighted by Crippen LogP contribution is -2.50. The number of nitrogens with one attached hydrogen (secondary N) is 1. The molecule has 0 fully saturated rings. The summed E-state index contributed by atoms with van der Waals surface area (Å²) in [4.78, 5) is 29.8. The van der Waals surface area contributed by atoms with E-state index in [2.05, 4.69) is 15.4 Å². The van der Waals surface area contributed by atoms with Crippen LogP contribution < -0.4 is 5.32 Å². The van der Waals surface area contributed by atoms with E-state index in [4.69, 9.17) is 0 Å². The van der Waals surface area contributed by atoms with Crippen LogP contribution in [0, 0.1) is 5.92 Å². The Kier molecular flexibility index (Phi) is 5.90. The normalized spacial score (nSPS) is 13.4. The van der Waals surface area contributed by atoms with Crippen molar-refractivity contribution in [1.29, 1.82) is 0 Å². The van der Waals surface area contributed by atoms with Crippen molar-refractivity contribution in [2.45, 2.75) is 39.8 Å². The molecule has 0 saturated heterocycles. The summed E-state index contributed by atoms with van der Waals surface area (Å²) in [5.74, 6) is -0.288. The average Bonchev–Trinajstić information content (AvgIpc) is 3.12. The monoisotopic (exact) mass is 343 g/mol. The van der Waals surface area contributed by atoms with Gasteiger partial charge >= 0.3 is 0 Å². The molecule has 2 aromatic rings. The number of nitrogens with zero attached hydrogens (tertiary/aromatic N) is 4. The van der Waals surface area contributed by atoms with E-state index in [1.165, 1.54) is 13.3 Å². The second kappa shape index (κ2) is 7.92. The first-order valence-electron chi connectivity index (χ1n) is 8.30. The molecule has 0 saturated carbocycles. The molecule has 2 atom stereocenters. The largest absolute Gasteiger partial charge is 0.344 e. The smallest absolute Gasteiger partial charge is 0.245 e. The molecular formula is C18H25N5O2. The first kappa shape index (κ1) is 18.6. The Morgan fingerprint density at radius 1 is 1.16 bits per heavy atom. The molecular weight excluding hydrogens is 318 g/mol. The molecule has 0 unspecified atom stereocenters. The Bertz CT molecular complexity index is 710. The molecule has 25 heavy (non-hydrogen) atoms. The Labute approximate surface area is 148 Å². The number of aromatic nitrogens is 3. The summed E-state index contributed by atoms with van der Waals surface area (Å²) in [6.45, 7) is 7.23. The van der Waals surface area contributed by atoms with Crippen LogP contribution in [-0.4, -0.2) is 44.6 Å². The summed E-state index contributed by atoms with van der Waals surface area (Å²) in [7, 11) is 1.76. The Morgan fingerprint density at radius 2 is 1.80 bits per heavy atom. The molecule has 1 N–H and O–H groups in total. The van der Waals surface area contributed by atoms with E-state index in [1.54, 1.807) is 23.0 Å². The summed E-state index contributed by atoms with van der Waals surface area (Å²) in [5, 5.41) is 6.84. The highest BCUT2D eigenvalue weighted by atomic mass is 16.2. The van der Waals surface area contributed by atoms with Crippen molar-refractivity contribution in [2.24, 2.45) is 5.92 Å². The molecule has 1 aromatic heterocycles. The third-order valence-electron chi connectivity index (χ3n) is 4.28. The van der Waals surface area contributed by atoms with Gasteiger partial charge in [0.25, 0.3) is 0 Å². The minimum absolute atomic E-state index is 0.0146. The number of carbonyl (C=O) groups is 2. The second-order valence-corrected chi connectivity index (χ2v) is 6.48. The van der Waals surface area contributed by atoms with Crippen LogP contribution in [-0.2, 0) is 9.59 Å². The van der Waals surface area contributed by atoms with Crippen LogP contribution in [0.4, 0.5) is 0 Å². The molecule has 7 heteroatoms. The van der Waals surface area contributed by atoms with Gasteiger partial charge in [-0.3, -0.25) is 9.59 Å². The SMILES string of the molecule is CC(=O)N[C@H](C(=O)N(C)[C@H](C)c1ccc(-n2cncn2)cc1)C(C)C. The third kappa shape index (κ3) is 4.43. The summed E-state index contributed by atoms with van der Waals surface area (Å²) in [6.07, 6.45) is 3.12. The van der Waals surface area contributed by atoms with Gasteiger partial charge in [0, 0.05) is 14.0 Å². The minimum Gasteiger partial charge on any atom is -0.344 e. The summed E-state index contributed by atoms with van der Waals surface area (Å²) < 4.78 is 1.68. The molecule has 0 spiro atoms. The van der Waals surface area contributed by atoms with Gasteiger partial charge in [-0.1, -0.05) is 26.0 Å². The molecule has 0 aliphatic rings. The van der Waals surface area contributed by atoms with Crippen molar-refractivity contribution in [3.8, 4) is 5.69 Å². The van der Waals surface area contributed by atoms with E-state index < -0.39 is 6.04 Å². The standard InChI is InChI=1S/C18H25N5O2/c1-12(2)17(21-14(4)24)18(25)22(5)13(3)15-6-8-16(9-7-15)23-11-19-10-20-23/h6-13,17H,1-5H3,(H,21,24)/t13-,17+/m1/s1. The maximum atomic E-state index is 12.8. The van der Waals surface area contributed by atoms with Crippen molar-refractivity contribution < 1.29 is 9.59 Å². The highest BCUT2D eigenvalue weighted by Gasteiger charge is 2.28. The van der Waals surface area contributed by atoms with E-state index >= 15 is 0 Å². The molecule has 134 valence electrons. The lowest BCUT2D eigenvalue weighted by molar-refractivity contribution is -0.137. The van der Waals surface area contributed by atoms with Gasteiger partial charge in [-0.05, 0) is 30.5 Å². The van der Waals surface area contributed by atoms with Crippen LogP contribution >= 0.6 is 0 Å². The van der Waals surface area contributed by atoms with Gasteiger partial charge in [0.2, 0.25) is 11.8 Å². The van der Waals surface area contributed by atoms with Gasteiger partial charge in [0.1, 0.15) is 18.7 Å². The summed E-state index contributed by atoms with van der Waals surface area (Å²) in [6, 6.07) is 7.16. The molecule has 0 aliphatic carbocycles. The van der Waals surface area contributed by atoms with E-state index in [0.717, 1.165) is 11.3 Å². The Morgan fingerprint density at radius 3 is 2.28 bits per heavy atom. The fourth-order valence-electron chi connectivity index (χ4n) is 2.61. The first-order chi connectivity index (χ1) is 11.8. The lowest BCUT2D eigenvalue weighted by atomic mass is 10.0. The molecule has 1 aromatic carbocycles. The number of hydrogen-bond acceptors (Lipinski definition) is 4. The van der Waals surface area contributed by atoms with Gasteiger partial charge in [-0.2, -0.15) is 5.10 Å². The highest BCUT2D eigenvalue weighted by Crippen LogP contribution is 2.22. The molecule has 0 bridgehead atoms. The van der Waals surface area contributed by atoms with Crippen LogP contribution in [0.1, 0.15) is 39.3 Å². The van der Waals surface area contributed by atoms with Crippen LogP contribution in [0.5, 0.6) is 0 Å². The fourth-order valence-corrected chi connectivity index (χ4v) is 2.61. The second-order valence-electron chi connectivity index (χ2n) is 6.48. The van der Waals surface area contributed by atoms with Gasteiger partial charge in [-0.15, -0.1) is 0 Å². The van der Waals surface area contributed by atoms with Gasteiger partial charge in [-0.25, -0.2) is 9.67 Å². The first-order valence-corrected chi connectivity index (χ1v) is 8.30. The number of carbonyl (C=O) groups excluding carboxylic acids is 2. The fraction of sp³-hybridized carbons (Fsp3) is 0.444. The zero-order valence-corrected chi connectivity index (χ0v) is 15.3. The topological polar surface area (TPSA) is 80.1 Å². The van der Waals surface area contributed by atoms with Crippen LogP contribution in [0.3, 0.4) is 0 Å². The summed E-state index contributed by atoms with van der Waals surface area (Å²) >= 11 is 0. The minimum atomic E-state index is -0.528. The van der Waals surface area contributed by atoms with E-state index in [9.17, 15) is 9.59 Å². The molecule has 1 heterocycles. The van der Waals surface area contributed by atoms with E-state index in [1.807, 2.05) is 45.0 Å². The Hall–Kier alpha value is -2.70. The number of benzene rings is 1. The van der Waals surface area contributed by atoms with Crippen LogP contribution in [0.15, 0.2) is 36.9 Å². The highest BCUT2D eigenvalue weighted by molar-refractivity contribution is 5.87. The molecule has 0 radical (unpaired) electrons. The Balaban J connectivity index is 2.13. The van der Waals surface area contributed by atoms with Gasteiger partial charge in [0.15, 0.2) is 0 Å². The van der Waals surface area contributed by atoms with E-state index in [-0.39, 0.29) is 23.8 Å². The van der Waals surface area contributed by atoms with Crippen molar-refractivity contribution >= 4 is 11.8 Å². The van der Waals surface area contributed by atoms with Gasteiger partial charge < -0.3 is 10.2 Å². The lowest BCUT2D eigenvalue weighted by Gasteiger charge is -2.31. The van der Waals surface area contributed by atoms with Crippen LogP contribution in [0.25, 0.3) is 5.69 Å². The number of rotatable bonds is 6. The van der Waals surface area contributed by atoms with E-state index in [0.29, 0.717) is 0 Å². The summed E-state index contributed by atoms with van der Waals surface area (Å²) in [5.41, 5.74) is 1.91. The number of amides is 2. The predicted octanol–water partition coefficient (Wildman–Crippen LogP) is 1.95. The van der Waals surface area contributed by atoms with Crippen molar-refractivity contribution in [3.05, 3.63) is 42.5 Å². The average molecular weight is 343 g/mol. The quantitative estimate of drug-likeness (QED) is 0.869. The molecule has 0 aliphatic heterocycles. The molecule has 2 amide bonds. The third-order valence-corrected chi connectivity index (χ3v) is 4.28. The molecule has 2 rings (SSSR count). The maximum absolute atomic E-state index is 12.8. The maximum Gasteiger partial charge on any atom is 0.245 e.